The van der Waals surface area contributed by atoms with Gasteiger partial charge < -0.3 is 13.6 Å². The SMILES string of the molecule is CC(C)(C)[Si](C)(C)OC[C@@]1(CCCl)O[C@@H](n2cc(F)c(=O)[nH]c2=O)[C@@H](F)[C@@H]1O[Si](C)(C)C(C)(C)C. The Kier molecular flexibility index (Phi) is 8.79. The fraction of sp³-hybridized carbons (Fsp3) is 0.826. The van der Waals surface area contributed by atoms with Gasteiger partial charge in [0.1, 0.15) is 11.7 Å². The number of nitrogens with zero attached hydrogens (tertiary/aromatic N) is 1. The molecule has 0 amide bonds. The molecular weight excluding hydrogens is 514 g/mol. The topological polar surface area (TPSA) is 82.5 Å². The predicted molar refractivity (Wildman–Crippen MR) is 140 cm³/mol. The summed E-state index contributed by atoms with van der Waals surface area (Å²) in [5, 5.41) is -0.351. The molecule has 0 spiro atoms. The number of rotatable bonds is 8. The average molecular weight is 555 g/mol. The Morgan fingerprint density at radius 3 is 2.14 bits per heavy atom. The second-order valence-corrected chi connectivity index (χ2v) is 22.4. The maximum atomic E-state index is 16.3. The van der Waals surface area contributed by atoms with Crippen molar-refractivity contribution >= 4 is 28.2 Å². The van der Waals surface area contributed by atoms with Crippen LogP contribution in [0, 0.1) is 5.82 Å². The molecule has 0 radical (unpaired) electrons. The molecule has 0 aromatic carbocycles. The molecule has 4 atom stereocenters. The number of alkyl halides is 2. The van der Waals surface area contributed by atoms with E-state index in [1.807, 2.05) is 38.8 Å². The minimum atomic E-state index is -2.53. The predicted octanol–water partition coefficient (Wildman–Crippen LogP) is 5.32. The Balaban J connectivity index is 2.62. The highest BCUT2D eigenvalue weighted by Crippen LogP contribution is 2.48. The molecule has 0 aliphatic carbocycles. The standard InChI is InChI=1S/C23H41ClF2N2O5Si2/c1-21(2,3)34(7,8)31-14-23(11-12-24)17(33-35(9,10)22(4,5)6)16(26)19(32-23)28-13-15(25)18(29)27-20(28)30/h13,16-17,19H,11-12,14H2,1-10H3,(H,27,29,30)/t16-,17-,19+,23+/m0/s1. The lowest BCUT2D eigenvalue weighted by Crippen LogP contribution is -2.56. The van der Waals surface area contributed by atoms with E-state index in [2.05, 4.69) is 33.9 Å². The van der Waals surface area contributed by atoms with Crippen molar-refractivity contribution in [1.82, 2.24) is 9.55 Å². The van der Waals surface area contributed by atoms with Crippen LogP contribution in [0.1, 0.15) is 54.2 Å². The summed E-state index contributed by atoms with van der Waals surface area (Å²) in [5.74, 6) is -1.08. The van der Waals surface area contributed by atoms with Crippen molar-refractivity contribution in [3.63, 3.8) is 0 Å². The number of aromatic nitrogens is 2. The maximum absolute atomic E-state index is 16.3. The van der Waals surface area contributed by atoms with Gasteiger partial charge in [0.05, 0.1) is 12.8 Å². The quantitative estimate of drug-likeness (QED) is 0.347. The van der Waals surface area contributed by atoms with Crippen LogP contribution in [-0.4, -0.2) is 56.5 Å². The van der Waals surface area contributed by atoms with Crippen LogP contribution in [0.4, 0.5) is 8.78 Å². The molecule has 0 bridgehead atoms. The highest BCUT2D eigenvalue weighted by atomic mass is 35.5. The number of nitrogens with one attached hydrogen (secondary N) is 1. The molecule has 2 heterocycles. The van der Waals surface area contributed by atoms with Crippen LogP contribution in [0.5, 0.6) is 0 Å². The van der Waals surface area contributed by atoms with Crippen LogP contribution < -0.4 is 11.2 Å². The lowest BCUT2D eigenvalue weighted by atomic mass is 9.94. The number of hydrogen-bond acceptors (Lipinski definition) is 5. The molecule has 7 nitrogen and oxygen atoms in total. The second-order valence-electron chi connectivity index (χ2n) is 12.4. The van der Waals surface area contributed by atoms with E-state index < -0.39 is 57.8 Å². The van der Waals surface area contributed by atoms with Crippen LogP contribution in [-0.2, 0) is 13.6 Å². The minimum Gasteiger partial charge on any atom is -0.414 e. The van der Waals surface area contributed by atoms with Gasteiger partial charge in [-0.2, -0.15) is 4.39 Å². The Labute approximate surface area is 213 Å². The molecule has 1 aromatic heterocycles. The van der Waals surface area contributed by atoms with Crippen LogP contribution in [0.25, 0.3) is 0 Å². The molecule has 1 aliphatic heterocycles. The molecular formula is C23H41ClF2N2O5Si2. The number of halogens is 3. The van der Waals surface area contributed by atoms with E-state index in [1.165, 1.54) is 0 Å². The highest BCUT2D eigenvalue weighted by molar-refractivity contribution is 6.74. The molecule has 0 saturated carbocycles. The second kappa shape index (κ2) is 10.1. The molecule has 1 aliphatic rings. The zero-order valence-electron chi connectivity index (χ0n) is 22.6. The van der Waals surface area contributed by atoms with Crippen LogP contribution in [0.15, 0.2) is 15.8 Å². The molecule has 2 rings (SSSR count). The van der Waals surface area contributed by atoms with Gasteiger partial charge in [0.25, 0.3) is 5.56 Å². The first-order valence-corrected chi connectivity index (χ1v) is 18.2. The van der Waals surface area contributed by atoms with Crippen molar-refractivity contribution in [1.29, 1.82) is 0 Å². The van der Waals surface area contributed by atoms with Gasteiger partial charge in [0, 0.05) is 5.88 Å². The first-order valence-electron chi connectivity index (χ1n) is 11.9. The Bertz CT molecular complexity index is 1020. The van der Waals surface area contributed by atoms with E-state index >= 15 is 4.39 Å². The number of hydrogen-bond donors (Lipinski definition) is 1. The van der Waals surface area contributed by atoms with E-state index in [1.54, 1.807) is 0 Å². The van der Waals surface area contributed by atoms with E-state index in [0.29, 0.717) is 6.20 Å². The van der Waals surface area contributed by atoms with Gasteiger partial charge in [-0.05, 0) is 42.7 Å². The van der Waals surface area contributed by atoms with Crippen molar-refractivity contribution in [2.24, 2.45) is 0 Å². The number of aromatic amines is 1. The lowest BCUT2D eigenvalue weighted by molar-refractivity contribution is -0.125. The summed E-state index contributed by atoms with van der Waals surface area (Å²) >= 11 is 6.19. The monoisotopic (exact) mass is 554 g/mol. The van der Waals surface area contributed by atoms with Crippen LogP contribution in [0.3, 0.4) is 0 Å². The average Bonchev–Trinajstić information content (AvgIpc) is 2.94. The highest BCUT2D eigenvalue weighted by Gasteiger charge is 2.60. The third-order valence-corrected chi connectivity index (χ3v) is 17.0. The number of H-pyrrole nitrogens is 1. The zero-order valence-corrected chi connectivity index (χ0v) is 25.3. The lowest BCUT2D eigenvalue weighted by Gasteiger charge is -2.45. The Morgan fingerprint density at radius 2 is 1.66 bits per heavy atom. The molecule has 1 fully saturated rings. The Morgan fingerprint density at radius 1 is 1.11 bits per heavy atom. The fourth-order valence-corrected chi connectivity index (χ4v) is 6.10. The van der Waals surface area contributed by atoms with Crippen molar-refractivity contribution in [2.45, 2.75) is 108 Å². The van der Waals surface area contributed by atoms with Crippen molar-refractivity contribution < 1.29 is 22.4 Å². The molecule has 1 N–H and O–H groups in total. The molecule has 1 saturated heterocycles. The summed E-state index contributed by atoms with van der Waals surface area (Å²) in [7, 11) is -4.82. The van der Waals surface area contributed by atoms with Gasteiger partial charge in [0.15, 0.2) is 29.0 Å². The van der Waals surface area contributed by atoms with Crippen molar-refractivity contribution in [3.05, 3.63) is 32.9 Å². The van der Waals surface area contributed by atoms with Gasteiger partial charge in [-0.1, -0.05) is 41.5 Å². The maximum Gasteiger partial charge on any atom is 0.330 e. The Hall–Kier alpha value is -0.856. The minimum absolute atomic E-state index is 0.00695. The first kappa shape index (κ1) is 30.4. The van der Waals surface area contributed by atoms with Gasteiger partial charge in [-0.15, -0.1) is 11.6 Å². The van der Waals surface area contributed by atoms with Crippen LogP contribution >= 0.6 is 11.6 Å². The third-order valence-electron chi connectivity index (χ3n) is 7.86. The molecule has 12 heteroatoms. The molecule has 0 unspecified atom stereocenters. The summed E-state index contributed by atoms with van der Waals surface area (Å²) in [4.78, 5) is 25.9. The first-order chi connectivity index (χ1) is 15.7. The molecule has 35 heavy (non-hydrogen) atoms. The smallest absolute Gasteiger partial charge is 0.330 e. The third kappa shape index (κ3) is 6.18. The van der Waals surface area contributed by atoms with Crippen molar-refractivity contribution in [2.75, 3.05) is 12.5 Å². The van der Waals surface area contributed by atoms with Gasteiger partial charge >= 0.3 is 5.69 Å². The van der Waals surface area contributed by atoms with Crippen LogP contribution in [0.2, 0.25) is 36.3 Å². The fourth-order valence-electron chi connectivity index (χ4n) is 3.41. The van der Waals surface area contributed by atoms with E-state index in [0.717, 1.165) is 4.57 Å². The normalized spacial score (nSPS) is 26.4. The van der Waals surface area contributed by atoms with Gasteiger partial charge in [0.2, 0.25) is 5.82 Å². The number of ether oxygens (including phenoxy) is 1. The van der Waals surface area contributed by atoms with Gasteiger partial charge in [-0.25, -0.2) is 9.18 Å². The largest absolute Gasteiger partial charge is 0.414 e. The summed E-state index contributed by atoms with van der Waals surface area (Å²) in [6, 6.07) is 0. The molecule has 1 aromatic rings. The zero-order chi connectivity index (χ0) is 27.2. The summed E-state index contributed by atoms with van der Waals surface area (Å²) in [6.45, 7) is 20.6. The summed E-state index contributed by atoms with van der Waals surface area (Å²) < 4.78 is 50.4. The van der Waals surface area contributed by atoms with E-state index in [-0.39, 0.29) is 29.0 Å². The van der Waals surface area contributed by atoms with Gasteiger partial charge in [-0.3, -0.25) is 14.3 Å². The van der Waals surface area contributed by atoms with E-state index in [9.17, 15) is 14.0 Å². The summed E-state index contributed by atoms with van der Waals surface area (Å²) in [5.41, 5.74) is -3.47. The van der Waals surface area contributed by atoms with Crippen molar-refractivity contribution in [3.8, 4) is 0 Å². The molecule has 202 valence electrons. The summed E-state index contributed by atoms with van der Waals surface area (Å²) in [6.07, 6.45) is -3.60. The van der Waals surface area contributed by atoms with E-state index in [4.69, 9.17) is 25.2 Å².